The van der Waals surface area contributed by atoms with Crippen LogP contribution in [-0.2, 0) is 9.53 Å². The molecule has 0 bridgehead atoms. The summed E-state index contributed by atoms with van der Waals surface area (Å²) in [6.07, 6.45) is 9.20. The summed E-state index contributed by atoms with van der Waals surface area (Å²) in [6.45, 7) is 5.97. The zero-order valence-electron chi connectivity index (χ0n) is 16.0. The molecule has 5 fully saturated rings. The monoisotopic (exact) mass is 360 g/mol. The molecule has 2 saturated heterocycles. The van der Waals surface area contributed by atoms with E-state index in [1.165, 1.54) is 38.5 Å². The van der Waals surface area contributed by atoms with Crippen molar-refractivity contribution in [3.63, 3.8) is 0 Å². The highest BCUT2D eigenvalue weighted by Gasteiger charge is 2.65. The van der Waals surface area contributed by atoms with Gasteiger partial charge in [0.15, 0.2) is 5.96 Å². The summed E-state index contributed by atoms with van der Waals surface area (Å²) in [5.41, 5.74) is 0.315. The predicted octanol–water partition coefficient (Wildman–Crippen LogP) is 1.61. The number of rotatable bonds is 3. The molecule has 5 rings (SSSR count). The van der Waals surface area contributed by atoms with Crippen LogP contribution in [0.3, 0.4) is 0 Å². The molecule has 2 heterocycles. The van der Waals surface area contributed by atoms with Gasteiger partial charge in [-0.05, 0) is 39.0 Å². The Labute approximate surface area is 156 Å². The highest BCUT2D eigenvalue weighted by Crippen LogP contribution is 2.60. The van der Waals surface area contributed by atoms with Crippen LogP contribution in [0.1, 0.15) is 51.9 Å². The molecule has 5 aliphatic rings. The number of guanidine groups is 1. The van der Waals surface area contributed by atoms with Gasteiger partial charge in [0.05, 0.1) is 12.6 Å². The third kappa shape index (κ3) is 2.55. The van der Waals surface area contributed by atoms with E-state index in [4.69, 9.17) is 9.73 Å². The van der Waals surface area contributed by atoms with Gasteiger partial charge in [-0.15, -0.1) is 0 Å². The van der Waals surface area contributed by atoms with Crippen LogP contribution < -0.4 is 5.32 Å². The third-order valence-electron chi connectivity index (χ3n) is 7.42. The first-order valence-electron chi connectivity index (χ1n) is 10.7. The molecule has 0 aromatic carbocycles. The van der Waals surface area contributed by atoms with Gasteiger partial charge in [-0.25, -0.2) is 0 Å². The Hall–Kier alpha value is -1.30. The Morgan fingerprint density at radius 3 is 2.77 bits per heavy atom. The number of nitrogens with one attached hydrogen (secondary N) is 1. The van der Waals surface area contributed by atoms with E-state index in [0.29, 0.717) is 36.1 Å². The highest BCUT2D eigenvalue weighted by molar-refractivity contribution is 5.88. The molecule has 3 atom stereocenters. The summed E-state index contributed by atoms with van der Waals surface area (Å²) < 4.78 is 6.12. The summed E-state index contributed by atoms with van der Waals surface area (Å²) in [6, 6.07) is 0.994. The molecule has 0 aromatic rings. The first kappa shape index (κ1) is 16.8. The average Bonchev–Trinajstić information content (AvgIpc) is 3.17. The summed E-state index contributed by atoms with van der Waals surface area (Å²) in [4.78, 5) is 21.6. The zero-order valence-corrected chi connectivity index (χ0v) is 16.0. The molecule has 6 heteroatoms. The van der Waals surface area contributed by atoms with Gasteiger partial charge in [0.1, 0.15) is 0 Å². The van der Waals surface area contributed by atoms with Crippen molar-refractivity contribution in [3.05, 3.63) is 0 Å². The van der Waals surface area contributed by atoms with E-state index in [1.54, 1.807) is 0 Å². The van der Waals surface area contributed by atoms with Crippen molar-refractivity contribution in [1.82, 2.24) is 15.1 Å². The smallest absolute Gasteiger partial charge is 0.242 e. The number of amides is 1. The minimum atomic E-state index is 0.274. The van der Waals surface area contributed by atoms with Crippen LogP contribution in [-0.4, -0.2) is 72.6 Å². The second kappa shape index (κ2) is 6.39. The van der Waals surface area contributed by atoms with Crippen LogP contribution in [0.15, 0.2) is 4.99 Å². The van der Waals surface area contributed by atoms with Crippen LogP contribution in [0.2, 0.25) is 0 Å². The maximum atomic E-state index is 12.6. The van der Waals surface area contributed by atoms with Crippen molar-refractivity contribution in [2.75, 3.05) is 32.8 Å². The second-order valence-corrected chi connectivity index (χ2v) is 8.84. The lowest BCUT2D eigenvalue weighted by molar-refractivity contribution is -0.135. The fourth-order valence-electron chi connectivity index (χ4n) is 6.07. The van der Waals surface area contributed by atoms with Crippen LogP contribution in [0.25, 0.3) is 0 Å². The minimum absolute atomic E-state index is 0.274. The number of carbonyl (C=O) groups excluding carboxylic acids is 1. The van der Waals surface area contributed by atoms with Crippen molar-refractivity contribution in [2.24, 2.45) is 16.3 Å². The van der Waals surface area contributed by atoms with Gasteiger partial charge in [-0.2, -0.15) is 0 Å². The molecule has 1 spiro atoms. The van der Waals surface area contributed by atoms with Gasteiger partial charge in [-0.3, -0.25) is 9.79 Å². The molecular formula is C20H32N4O2. The van der Waals surface area contributed by atoms with Crippen molar-refractivity contribution < 1.29 is 9.53 Å². The van der Waals surface area contributed by atoms with E-state index in [1.807, 2.05) is 0 Å². The summed E-state index contributed by atoms with van der Waals surface area (Å²) in [5.74, 6) is 1.85. The Balaban J connectivity index is 1.30. The fraction of sp³-hybridized carbons (Fsp3) is 0.900. The van der Waals surface area contributed by atoms with Gasteiger partial charge < -0.3 is 19.9 Å². The van der Waals surface area contributed by atoms with E-state index < -0.39 is 0 Å². The molecule has 3 aliphatic carbocycles. The number of fused-ring (bicyclic) bond motifs is 2. The topological polar surface area (TPSA) is 57.2 Å². The zero-order chi connectivity index (χ0) is 17.7. The Bertz CT molecular complexity index is 597. The molecule has 144 valence electrons. The molecule has 3 unspecified atom stereocenters. The largest absolute Gasteiger partial charge is 0.377 e. The Morgan fingerprint density at radius 1 is 1.27 bits per heavy atom. The highest BCUT2D eigenvalue weighted by atomic mass is 16.5. The van der Waals surface area contributed by atoms with Crippen molar-refractivity contribution in [1.29, 1.82) is 0 Å². The number of hydrogen-bond donors (Lipinski definition) is 1. The van der Waals surface area contributed by atoms with E-state index >= 15 is 0 Å². The number of carbonyl (C=O) groups is 1. The number of ether oxygens (including phenoxy) is 1. The molecule has 26 heavy (non-hydrogen) atoms. The minimum Gasteiger partial charge on any atom is -0.377 e. The van der Waals surface area contributed by atoms with Gasteiger partial charge >= 0.3 is 0 Å². The van der Waals surface area contributed by atoms with Crippen LogP contribution in [0, 0.1) is 11.3 Å². The molecule has 1 amide bonds. The average molecular weight is 361 g/mol. The van der Waals surface area contributed by atoms with Crippen molar-refractivity contribution in [3.8, 4) is 0 Å². The molecule has 1 N–H and O–H groups in total. The number of hydrogen-bond acceptors (Lipinski definition) is 3. The van der Waals surface area contributed by atoms with E-state index in [0.717, 1.165) is 38.6 Å². The summed E-state index contributed by atoms with van der Waals surface area (Å²) >= 11 is 0. The van der Waals surface area contributed by atoms with Gasteiger partial charge in [0.25, 0.3) is 0 Å². The molecule has 0 aromatic heterocycles. The maximum Gasteiger partial charge on any atom is 0.242 e. The second-order valence-electron chi connectivity index (χ2n) is 8.84. The van der Waals surface area contributed by atoms with Crippen LogP contribution in [0.5, 0.6) is 0 Å². The SMILES string of the molecule is CCN=C(NC1C2CCOC2C12CCCC2)N1CCN(C2CC2)C(=O)C1. The Kier molecular flexibility index (Phi) is 4.14. The summed E-state index contributed by atoms with van der Waals surface area (Å²) in [5, 5.41) is 3.83. The maximum absolute atomic E-state index is 12.6. The molecular weight excluding hydrogens is 328 g/mol. The van der Waals surface area contributed by atoms with E-state index in [-0.39, 0.29) is 5.91 Å². The lowest BCUT2D eigenvalue weighted by Gasteiger charge is -2.57. The van der Waals surface area contributed by atoms with Crippen LogP contribution in [0.4, 0.5) is 0 Å². The number of piperazine rings is 1. The van der Waals surface area contributed by atoms with Crippen molar-refractivity contribution >= 4 is 11.9 Å². The van der Waals surface area contributed by atoms with Crippen LogP contribution >= 0.6 is 0 Å². The lowest BCUT2D eigenvalue weighted by Crippen LogP contribution is -2.70. The molecule has 6 nitrogen and oxygen atoms in total. The lowest BCUT2D eigenvalue weighted by atomic mass is 9.54. The van der Waals surface area contributed by atoms with Gasteiger partial charge in [0.2, 0.25) is 5.91 Å². The van der Waals surface area contributed by atoms with Gasteiger partial charge in [0, 0.05) is 49.7 Å². The van der Waals surface area contributed by atoms with Gasteiger partial charge in [-0.1, -0.05) is 12.8 Å². The fourth-order valence-corrected chi connectivity index (χ4v) is 6.07. The standard InChI is InChI=1S/C20H32N4O2/c1-2-21-19(23-10-11-24(14-5-6-14)16(25)13-23)22-17-15-7-12-26-18(15)20(17)8-3-4-9-20/h14-15,17-18H,2-13H2,1H3,(H,21,22). The van der Waals surface area contributed by atoms with E-state index in [9.17, 15) is 4.79 Å². The quantitative estimate of drug-likeness (QED) is 0.614. The first-order valence-corrected chi connectivity index (χ1v) is 10.7. The molecule has 2 aliphatic heterocycles. The number of aliphatic imine (C=N–C) groups is 1. The number of nitrogens with zero attached hydrogens (tertiary/aromatic N) is 3. The first-order chi connectivity index (χ1) is 12.7. The van der Waals surface area contributed by atoms with E-state index in [2.05, 4.69) is 22.0 Å². The molecule has 3 saturated carbocycles. The normalized spacial score (nSPS) is 36.4. The molecule has 0 radical (unpaired) electrons. The summed E-state index contributed by atoms with van der Waals surface area (Å²) in [7, 11) is 0. The van der Waals surface area contributed by atoms with Crippen molar-refractivity contribution in [2.45, 2.75) is 70.1 Å². The predicted molar refractivity (Wildman–Crippen MR) is 100.0 cm³/mol. The Morgan fingerprint density at radius 2 is 2.08 bits per heavy atom. The third-order valence-corrected chi connectivity index (χ3v) is 7.42.